The quantitative estimate of drug-likeness (QED) is 0.834. The number of amides is 1. The Morgan fingerprint density at radius 2 is 2.04 bits per heavy atom. The van der Waals surface area contributed by atoms with Crippen molar-refractivity contribution in [3.8, 4) is 0 Å². The number of carbonyl (C=O) groups excluding carboxylic acids is 1. The van der Waals surface area contributed by atoms with Gasteiger partial charge in [-0.3, -0.25) is 14.7 Å². The number of benzene rings is 1. The Balaban J connectivity index is 1.67. The third-order valence-electron chi connectivity index (χ3n) is 4.53. The van der Waals surface area contributed by atoms with Crippen LogP contribution in [0.2, 0.25) is 5.02 Å². The van der Waals surface area contributed by atoms with E-state index in [-0.39, 0.29) is 11.9 Å². The van der Waals surface area contributed by atoms with Crippen molar-refractivity contribution in [2.24, 2.45) is 0 Å². The molecule has 1 aromatic heterocycles. The summed E-state index contributed by atoms with van der Waals surface area (Å²) in [6, 6.07) is 13.4. The normalized spacial score (nSPS) is 18.2. The third kappa shape index (κ3) is 3.77. The van der Waals surface area contributed by atoms with E-state index in [2.05, 4.69) is 9.88 Å². The molecule has 0 spiro atoms. The second-order valence-electron chi connectivity index (χ2n) is 6.15. The largest absolute Gasteiger partial charge is 0.310 e. The summed E-state index contributed by atoms with van der Waals surface area (Å²) in [6.45, 7) is 1.54. The van der Waals surface area contributed by atoms with Crippen molar-refractivity contribution in [1.82, 2.24) is 9.88 Å². The molecule has 2 aromatic rings. The standard InChI is InChI=1S/C19H22ClN3O/c1-22(14-11-15-7-4-5-12-21-15)18-10-6-13-23(19(18)24)17-9-3-2-8-16(17)20/h2-5,7-9,12,18H,6,10-11,13-14H2,1H3. The monoisotopic (exact) mass is 343 g/mol. The second kappa shape index (κ2) is 7.77. The van der Waals surface area contributed by atoms with Crippen molar-refractivity contribution in [3.05, 3.63) is 59.4 Å². The number of halogens is 1. The summed E-state index contributed by atoms with van der Waals surface area (Å²) in [4.78, 5) is 21.3. The van der Waals surface area contributed by atoms with E-state index in [4.69, 9.17) is 11.6 Å². The second-order valence-corrected chi connectivity index (χ2v) is 6.56. The van der Waals surface area contributed by atoms with Crippen LogP contribution in [0.4, 0.5) is 5.69 Å². The maximum atomic E-state index is 12.9. The van der Waals surface area contributed by atoms with Gasteiger partial charge in [-0.25, -0.2) is 0 Å². The predicted molar refractivity (Wildman–Crippen MR) is 97.4 cm³/mol. The van der Waals surface area contributed by atoms with Gasteiger partial charge in [0, 0.05) is 31.4 Å². The van der Waals surface area contributed by atoms with Gasteiger partial charge < -0.3 is 4.90 Å². The van der Waals surface area contributed by atoms with Gasteiger partial charge in [-0.05, 0) is 44.2 Å². The molecule has 5 heteroatoms. The summed E-state index contributed by atoms with van der Waals surface area (Å²) in [5.41, 5.74) is 1.86. The first-order chi connectivity index (χ1) is 11.7. The molecule has 1 aliphatic heterocycles. The summed E-state index contributed by atoms with van der Waals surface area (Å²) in [7, 11) is 2.02. The molecule has 1 aliphatic rings. The summed E-state index contributed by atoms with van der Waals surface area (Å²) in [5, 5.41) is 0.627. The Morgan fingerprint density at radius 3 is 2.79 bits per heavy atom. The molecule has 1 unspecified atom stereocenters. The molecule has 1 fully saturated rings. The minimum Gasteiger partial charge on any atom is -0.310 e. The highest BCUT2D eigenvalue weighted by Gasteiger charge is 2.32. The maximum Gasteiger partial charge on any atom is 0.244 e. The van der Waals surface area contributed by atoms with E-state index in [0.717, 1.165) is 43.7 Å². The SMILES string of the molecule is CN(CCc1ccccn1)C1CCCN(c2ccccc2Cl)C1=O. The van der Waals surface area contributed by atoms with Crippen LogP contribution < -0.4 is 4.90 Å². The van der Waals surface area contributed by atoms with Crippen molar-refractivity contribution in [3.63, 3.8) is 0 Å². The van der Waals surface area contributed by atoms with Crippen LogP contribution >= 0.6 is 11.6 Å². The zero-order valence-electron chi connectivity index (χ0n) is 13.9. The van der Waals surface area contributed by atoms with Crippen LogP contribution in [0.3, 0.4) is 0 Å². The van der Waals surface area contributed by atoms with E-state index in [1.807, 2.05) is 54.4 Å². The molecule has 0 bridgehead atoms. The first-order valence-electron chi connectivity index (χ1n) is 8.33. The molecule has 1 saturated heterocycles. The van der Waals surface area contributed by atoms with E-state index in [1.165, 1.54) is 0 Å². The molecule has 1 aromatic carbocycles. The van der Waals surface area contributed by atoms with Gasteiger partial charge in [-0.2, -0.15) is 0 Å². The molecular formula is C19H22ClN3O. The van der Waals surface area contributed by atoms with Gasteiger partial charge in [0.25, 0.3) is 0 Å². The molecule has 0 aliphatic carbocycles. The minimum atomic E-state index is -0.0984. The number of aromatic nitrogens is 1. The Morgan fingerprint density at radius 1 is 1.25 bits per heavy atom. The first-order valence-corrected chi connectivity index (χ1v) is 8.70. The highest BCUT2D eigenvalue weighted by molar-refractivity contribution is 6.33. The summed E-state index contributed by atoms with van der Waals surface area (Å²) < 4.78 is 0. The van der Waals surface area contributed by atoms with Crippen LogP contribution in [0, 0.1) is 0 Å². The van der Waals surface area contributed by atoms with Gasteiger partial charge in [0.1, 0.15) is 0 Å². The average molecular weight is 344 g/mol. The number of piperidine rings is 1. The smallest absolute Gasteiger partial charge is 0.244 e. The molecule has 126 valence electrons. The molecule has 4 nitrogen and oxygen atoms in total. The highest BCUT2D eigenvalue weighted by atomic mass is 35.5. The summed E-state index contributed by atoms with van der Waals surface area (Å²) in [5.74, 6) is 0.137. The Hall–Kier alpha value is -1.91. The molecule has 0 radical (unpaired) electrons. The van der Waals surface area contributed by atoms with Crippen LogP contribution in [-0.4, -0.2) is 42.0 Å². The van der Waals surface area contributed by atoms with E-state index < -0.39 is 0 Å². The molecule has 1 amide bonds. The van der Waals surface area contributed by atoms with E-state index in [9.17, 15) is 4.79 Å². The van der Waals surface area contributed by atoms with Crippen molar-refractivity contribution in [2.45, 2.75) is 25.3 Å². The lowest BCUT2D eigenvalue weighted by Crippen LogP contribution is -2.52. The fourth-order valence-electron chi connectivity index (χ4n) is 3.17. The summed E-state index contributed by atoms with van der Waals surface area (Å²) in [6.07, 6.45) is 4.52. The number of nitrogens with zero attached hydrogens (tertiary/aromatic N) is 3. The van der Waals surface area contributed by atoms with Gasteiger partial charge in [-0.1, -0.05) is 29.8 Å². The lowest BCUT2D eigenvalue weighted by Gasteiger charge is -2.37. The molecule has 0 saturated carbocycles. The Bertz CT molecular complexity index is 692. The van der Waals surface area contributed by atoms with Crippen LogP contribution in [0.15, 0.2) is 48.7 Å². The topological polar surface area (TPSA) is 36.4 Å². The molecular weight excluding hydrogens is 322 g/mol. The molecule has 2 heterocycles. The summed E-state index contributed by atoms with van der Waals surface area (Å²) >= 11 is 6.28. The lowest BCUT2D eigenvalue weighted by molar-refractivity contribution is -0.124. The molecule has 24 heavy (non-hydrogen) atoms. The first kappa shape index (κ1) is 16.9. The highest BCUT2D eigenvalue weighted by Crippen LogP contribution is 2.29. The van der Waals surface area contributed by atoms with Gasteiger partial charge in [-0.15, -0.1) is 0 Å². The number of hydrogen-bond acceptors (Lipinski definition) is 3. The fourth-order valence-corrected chi connectivity index (χ4v) is 3.41. The Labute approximate surface area is 148 Å². The van der Waals surface area contributed by atoms with E-state index in [0.29, 0.717) is 5.02 Å². The van der Waals surface area contributed by atoms with Crippen LogP contribution in [0.5, 0.6) is 0 Å². The van der Waals surface area contributed by atoms with E-state index >= 15 is 0 Å². The number of pyridine rings is 1. The Kier molecular flexibility index (Phi) is 5.48. The molecule has 0 N–H and O–H groups in total. The average Bonchev–Trinajstić information content (AvgIpc) is 2.61. The van der Waals surface area contributed by atoms with Crippen LogP contribution in [0.1, 0.15) is 18.5 Å². The van der Waals surface area contributed by atoms with E-state index in [1.54, 1.807) is 6.20 Å². The number of hydrogen-bond donors (Lipinski definition) is 0. The number of carbonyl (C=O) groups is 1. The minimum absolute atomic E-state index is 0.0984. The van der Waals surface area contributed by atoms with Crippen LogP contribution in [-0.2, 0) is 11.2 Å². The van der Waals surface area contributed by atoms with Gasteiger partial charge in [0.2, 0.25) is 5.91 Å². The zero-order chi connectivity index (χ0) is 16.9. The van der Waals surface area contributed by atoms with Crippen molar-refractivity contribution in [2.75, 3.05) is 25.0 Å². The third-order valence-corrected chi connectivity index (χ3v) is 4.85. The lowest BCUT2D eigenvalue weighted by atomic mass is 10.0. The molecule has 1 atom stereocenters. The number of para-hydroxylation sites is 1. The zero-order valence-corrected chi connectivity index (χ0v) is 14.6. The number of likely N-dealkylation sites (N-methyl/N-ethyl adjacent to an activating group) is 1. The fraction of sp³-hybridized carbons (Fsp3) is 0.368. The van der Waals surface area contributed by atoms with Crippen molar-refractivity contribution >= 4 is 23.2 Å². The van der Waals surface area contributed by atoms with Gasteiger partial charge >= 0.3 is 0 Å². The maximum absolute atomic E-state index is 12.9. The van der Waals surface area contributed by atoms with Gasteiger partial charge in [0.15, 0.2) is 0 Å². The van der Waals surface area contributed by atoms with Crippen molar-refractivity contribution in [1.29, 1.82) is 0 Å². The number of anilines is 1. The van der Waals surface area contributed by atoms with Crippen LogP contribution in [0.25, 0.3) is 0 Å². The molecule has 3 rings (SSSR count). The van der Waals surface area contributed by atoms with Crippen molar-refractivity contribution < 1.29 is 4.79 Å². The number of rotatable bonds is 5. The van der Waals surface area contributed by atoms with Gasteiger partial charge in [0.05, 0.1) is 16.8 Å². The predicted octanol–water partition coefficient (Wildman–Crippen LogP) is 3.40.